The number of carbonyl (C=O) groups is 1. The lowest BCUT2D eigenvalue weighted by Gasteiger charge is -2.36. The van der Waals surface area contributed by atoms with Crippen LogP contribution in [0.4, 0.5) is 24.5 Å². The molecule has 8 heteroatoms. The minimum Gasteiger partial charge on any atom is -0.406 e. The first-order chi connectivity index (χ1) is 13.7. The molecule has 29 heavy (non-hydrogen) atoms. The van der Waals surface area contributed by atoms with Crippen LogP contribution in [0.3, 0.4) is 0 Å². The molecule has 0 spiro atoms. The maximum Gasteiger partial charge on any atom is 0.573 e. The van der Waals surface area contributed by atoms with Crippen LogP contribution in [0, 0.1) is 13.8 Å². The Bertz CT molecular complexity index is 845. The summed E-state index contributed by atoms with van der Waals surface area (Å²) >= 11 is 0. The Labute approximate surface area is 168 Å². The van der Waals surface area contributed by atoms with E-state index >= 15 is 0 Å². The van der Waals surface area contributed by atoms with E-state index in [2.05, 4.69) is 51.9 Å². The minimum atomic E-state index is -4.73. The average molecular weight is 407 g/mol. The lowest BCUT2D eigenvalue weighted by atomic mass is 10.1. The van der Waals surface area contributed by atoms with Gasteiger partial charge in [0, 0.05) is 37.6 Å². The number of anilines is 2. The van der Waals surface area contributed by atoms with Gasteiger partial charge in [-0.1, -0.05) is 12.1 Å². The van der Waals surface area contributed by atoms with E-state index in [4.69, 9.17) is 0 Å². The number of carbonyl (C=O) groups excluding carboxylic acids is 1. The standard InChI is InChI=1S/C21H24F3N3O2/c1-15-4-3-5-19(16(15)2)27-12-10-26(11-13-27)14-20(28)25-17-6-8-18(9-7-17)29-21(22,23)24/h3-9H,10-14H2,1-2H3,(H,25,28). The molecule has 156 valence electrons. The Kier molecular flexibility index (Phi) is 6.32. The van der Waals surface area contributed by atoms with Crippen molar-refractivity contribution >= 4 is 17.3 Å². The summed E-state index contributed by atoms with van der Waals surface area (Å²) in [5.41, 5.74) is 4.20. The lowest BCUT2D eigenvalue weighted by Crippen LogP contribution is -2.48. The monoisotopic (exact) mass is 407 g/mol. The third kappa shape index (κ3) is 5.87. The summed E-state index contributed by atoms with van der Waals surface area (Å²) in [7, 11) is 0. The molecule has 1 aliphatic rings. The van der Waals surface area contributed by atoms with Crippen molar-refractivity contribution in [2.75, 3.05) is 42.9 Å². The number of hydrogen-bond acceptors (Lipinski definition) is 4. The fourth-order valence-corrected chi connectivity index (χ4v) is 3.37. The zero-order chi connectivity index (χ0) is 21.0. The summed E-state index contributed by atoms with van der Waals surface area (Å²) in [6, 6.07) is 11.4. The van der Waals surface area contributed by atoms with Crippen molar-refractivity contribution in [1.29, 1.82) is 0 Å². The van der Waals surface area contributed by atoms with Gasteiger partial charge in [-0.2, -0.15) is 0 Å². The van der Waals surface area contributed by atoms with E-state index in [9.17, 15) is 18.0 Å². The number of rotatable bonds is 5. The zero-order valence-electron chi connectivity index (χ0n) is 16.4. The van der Waals surface area contributed by atoms with E-state index in [1.54, 1.807) is 0 Å². The quantitative estimate of drug-likeness (QED) is 0.815. The maximum absolute atomic E-state index is 12.3. The summed E-state index contributed by atoms with van der Waals surface area (Å²) in [4.78, 5) is 16.7. The SMILES string of the molecule is Cc1cccc(N2CCN(CC(=O)Nc3ccc(OC(F)(F)F)cc3)CC2)c1C. The Balaban J connectivity index is 1.48. The Morgan fingerprint density at radius 2 is 1.69 bits per heavy atom. The van der Waals surface area contributed by atoms with Crippen LogP contribution in [0.5, 0.6) is 5.75 Å². The first kappa shape index (κ1) is 21.0. The van der Waals surface area contributed by atoms with Crippen LogP contribution >= 0.6 is 0 Å². The van der Waals surface area contributed by atoms with Crippen LogP contribution in [0.1, 0.15) is 11.1 Å². The molecule has 1 amide bonds. The second kappa shape index (κ2) is 8.73. The Hall–Kier alpha value is -2.74. The minimum absolute atomic E-state index is 0.199. The Morgan fingerprint density at radius 1 is 1.03 bits per heavy atom. The second-order valence-electron chi connectivity index (χ2n) is 7.10. The molecule has 5 nitrogen and oxygen atoms in total. The lowest BCUT2D eigenvalue weighted by molar-refractivity contribution is -0.274. The topological polar surface area (TPSA) is 44.8 Å². The molecule has 1 fully saturated rings. The fourth-order valence-electron chi connectivity index (χ4n) is 3.37. The van der Waals surface area contributed by atoms with E-state index in [1.165, 1.54) is 41.1 Å². The maximum atomic E-state index is 12.3. The van der Waals surface area contributed by atoms with Crippen molar-refractivity contribution in [3.8, 4) is 5.75 Å². The van der Waals surface area contributed by atoms with Crippen LogP contribution in [0.25, 0.3) is 0 Å². The third-order valence-corrected chi connectivity index (χ3v) is 5.03. The first-order valence-corrected chi connectivity index (χ1v) is 9.40. The molecule has 2 aromatic carbocycles. The van der Waals surface area contributed by atoms with Gasteiger partial charge >= 0.3 is 6.36 Å². The van der Waals surface area contributed by atoms with Gasteiger partial charge in [-0.05, 0) is 55.3 Å². The average Bonchev–Trinajstić information content (AvgIpc) is 2.65. The van der Waals surface area contributed by atoms with Crippen LogP contribution in [0.15, 0.2) is 42.5 Å². The molecular weight excluding hydrogens is 383 g/mol. The van der Waals surface area contributed by atoms with Gasteiger partial charge < -0.3 is 15.0 Å². The molecule has 0 aliphatic carbocycles. The summed E-state index contributed by atoms with van der Waals surface area (Å²) in [5.74, 6) is -0.521. The number of nitrogens with zero attached hydrogens (tertiary/aromatic N) is 2. The van der Waals surface area contributed by atoms with Gasteiger partial charge in [0.1, 0.15) is 5.75 Å². The molecule has 0 radical (unpaired) electrons. The molecule has 0 saturated carbocycles. The molecule has 1 aliphatic heterocycles. The van der Waals surface area contributed by atoms with Crippen LogP contribution in [-0.4, -0.2) is 49.9 Å². The highest BCUT2D eigenvalue weighted by molar-refractivity contribution is 5.92. The van der Waals surface area contributed by atoms with Gasteiger partial charge in [-0.25, -0.2) is 0 Å². The fraction of sp³-hybridized carbons (Fsp3) is 0.381. The smallest absolute Gasteiger partial charge is 0.406 e. The number of benzene rings is 2. The van der Waals surface area contributed by atoms with Gasteiger partial charge in [0.25, 0.3) is 0 Å². The molecular formula is C21H24F3N3O2. The summed E-state index contributed by atoms with van der Waals surface area (Å²) in [5, 5.41) is 2.71. The number of hydrogen-bond donors (Lipinski definition) is 1. The molecule has 1 N–H and O–H groups in total. The molecule has 1 heterocycles. The molecule has 0 aromatic heterocycles. The first-order valence-electron chi connectivity index (χ1n) is 9.40. The van der Waals surface area contributed by atoms with Crippen molar-refractivity contribution < 1.29 is 22.7 Å². The normalized spacial score (nSPS) is 15.3. The van der Waals surface area contributed by atoms with Crippen LogP contribution < -0.4 is 15.0 Å². The van der Waals surface area contributed by atoms with Crippen molar-refractivity contribution in [1.82, 2.24) is 4.90 Å². The van der Waals surface area contributed by atoms with E-state index in [-0.39, 0.29) is 18.2 Å². The molecule has 3 rings (SSSR count). The summed E-state index contributed by atoms with van der Waals surface area (Å²) in [6.45, 7) is 7.65. The Morgan fingerprint density at radius 3 is 2.31 bits per heavy atom. The van der Waals surface area contributed by atoms with Gasteiger partial charge in [0.15, 0.2) is 0 Å². The third-order valence-electron chi connectivity index (χ3n) is 5.03. The highest BCUT2D eigenvalue weighted by Crippen LogP contribution is 2.25. The molecule has 0 unspecified atom stereocenters. The second-order valence-corrected chi connectivity index (χ2v) is 7.10. The van der Waals surface area contributed by atoms with E-state index < -0.39 is 6.36 Å². The van der Waals surface area contributed by atoms with Crippen molar-refractivity contribution in [3.05, 3.63) is 53.6 Å². The van der Waals surface area contributed by atoms with Crippen LogP contribution in [-0.2, 0) is 4.79 Å². The largest absolute Gasteiger partial charge is 0.573 e. The number of aryl methyl sites for hydroxylation is 1. The number of ether oxygens (including phenoxy) is 1. The number of piperazine rings is 1. The van der Waals surface area contributed by atoms with Crippen molar-refractivity contribution in [2.45, 2.75) is 20.2 Å². The predicted molar refractivity (Wildman–Crippen MR) is 106 cm³/mol. The van der Waals surface area contributed by atoms with Gasteiger partial charge in [-0.15, -0.1) is 13.2 Å². The van der Waals surface area contributed by atoms with E-state index in [1.807, 2.05) is 0 Å². The molecule has 1 saturated heterocycles. The predicted octanol–water partition coefficient (Wildman–Crippen LogP) is 3.96. The van der Waals surface area contributed by atoms with Crippen LogP contribution in [0.2, 0.25) is 0 Å². The zero-order valence-corrected chi connectivity index (χ0v) is 16.4. The number of halogens is 3. The highest BCUT2D eigenvalue weighted by atomic mass is 19.4. The van der Waals surface area contributed by atoms with Gasteiger partial charge in [0.05, 0.1) is 6.54 Å². The summed E-state index contributed by atoms with van der Waals surface area (Å²) in [6.07, 6.45) is -4.73. The molecule has 2 aromatic rings. The number of amides is 1. The molecule has 0 atom stereocenters. The van der Waals surface area contributed by atoms with E-state index in [0.29, 0.717) is 5.69 Å². The number of alkyl halides is 3. The molecule has 0 bridgehead atoms. The van der Waals surface area contributed by atoms with Gasteiger partial charge in [-0.3, -0.25) is 9.69 Å². The van der Waals surface area contributed by atoms with Crippen molar-refractivity contribution in [2.24, 2.45) is 0 Å². The van der Waals surface area contributed by atoms with Crippen molar-refractivity contribution in [3.63, 3.8) is 0 Å². The van der Waals surface area contributed by atoms with E-state index in [0.717, 1.165) is 26.2 Å². The van der Waals surface area contributed by atoms with Gasteiger partial charge in [0.2, 0.25) is 5.91 Å². The summed E-state index contributed by atoms with van der Waals surface area (Å²) < 4.78 is 40.4. The number of nitrogens with one attached hydrogen (secondary N) is 1. The highest BCUT2D eigenvalue weighted by Gasteiger charge is 2.31.